The summed E-state index contributed by atoms with van der Waals surface area (Å²) in [5.74, 6) is 0.366. The highest BCUT2D eigenvalue weighted by molar-refractivity contribution is 5.94. The molecule has 0 unspecified atom stereocenters. The maximum absolute atomic E-state index is 13.3. The van der Waals surface area contributed by atoms with Crippen molar-refractivity contribution in [3.8, 4) is 5.75 Å². The Labute approximate surface area is 147 Å². The SMILES string of the molecule is C/C(=C/C(=O)N1CCC(c2ccc(O)cc2)CC1)c1cccc(F)c1. The van der Waals surface area contributed by atoms with Crippen LogP contribution in [0.15, 0.2) is 54.6 Å². The van der Waals surface area contributed by atoms with E-state index >= 15 is 0 Å². The number of carbonyl (C=O) groups excluding carboxylic acids is 1. The summed E-state index contributed by atoms with van der Waals surface area (Å²) in [6.07, 6.45) is 3.41. The van der Waals surface area contributed by atoms with Crippen LogP contribution in [-0.2, 0) is 4.79 Å². The molecule has 3 rings (SSSR count). The minimum Gasteiger partial charge on any atom is -0.508 e. The molecule has 3 nitrogen and oxygen atoms in total. The van der Waals surface area contributed by atoms with E-state index in [0.29, 0.717) is 19.0 Å². The van der Waals surface area contributed by atoms with Gasteiger partial charge in [0, 0.05) is 19.2 Å². The fourth-order valence-corrected chi connectivity index (χ4v) is 3.27. The van der Waals surface area contributed by atoms with Crippen molar-refractivity contribution < 1.29 is 14.3 Å². The van der Waals surface area contributed by atoms with Crippen molar-refractivity contribution >= 4 is 11.5 Å². The zero-order chi connectivity index (χ0) is 17.8. The molecule has 1 amide bonds. The van der Waals surface area contributed by atoms with Crippen LogP contribution in [0.3, 0.4) is 0 Å². The van der Waals surface area contributed by atoms with Crippen LogP contribution in [-0.4, -0.2) is 29.0 Å². The molecule has 0 radical (unpaired) electrons. The van der Waals surface area contributed by atoms with Gasteiger partial charge in [0.05, 0.1) is 0 Å². The minimum absolute atomic E-state index is 0.0223. The second-order valence-electron chi connectivity index (χ2n) is 6.53. The standard InChI is InChI=1S/C21H22FNO2/c1-15(18-3-2-4-19(22)14-18)13-21(25)23-11-9-17(10-12-23)16-5-7-20(24)8-6-16/h2-8,13-14,17,24H,9-12H2,1H3/b15-13-. The van der Waals surface area contributed by atoms with Crippen LogP contribution in [0.4, 0.5) is 4.39 Å². The van der Waals surface area contributed by atoms with E-state index in [4.69, 9.17) is 0 Å². The van der Waals surface area contributed by atoms with Crippen molar-refractivity contribution in [3.63, 3.8) is 0 Å². The van der Waals surface area contributed by atoms with Gasteiger partial charge < -0.3 is 10.0 Å². The van der Waals surface area contributed by atoms with Crippen LogP contribution in [0.2, 0.25) is 0 Å². The number of hydrogen-bond donors (Lipinski definition) is 1. The molecule has 25 heavy (non-hydrogen) atoms. The molecule has 0 atom stereocenters. The van der Waals surface area contributed by atoms with E-state index in [-0.39, 0.29) is 17.5 Å². The first-order valence-electron chi connectivity index (χ1n) is 8.55. The molecule has 4 heteroatoms. The van der Waals surface area contributed by atoms with Gasteiger partial charge in [0.15, 0.2) is 0 Å². The summed E-state index contributed by atoms with van der Waals surface area (Å²) in [6.45, 7) is 3.24. The average molecular weight is 339 g/mol. The minimum atomic E-state index is -0.299. The molecule has 1 fully saturated rings. The van der Waals surface area contributed by atoms with E-state index in [1.165, 1.54) is 17.7 Å². The van der Waals surface area contributed by atoms with E-state index < -0.39 is 0 Å². The zero-order valence-electron chi connectivity index (χ0n) is 14.3. The summed E-state index contributed by atoms with van der Waals surface area (Å²) < 4.78 is 13.3. The third-order valence-electron chi connectivity index (χ3n) is 4.79. The molecular formula is C21H22FNO2. The van der Waals surface area contributed by atoms with Crippen molar-refractivity contribution in [3.05, 3.63) is 71.6 Å². The number of piperidine rings is 1. The van der Waals surface area contributed by atoms with Crippen LogP contribution >= 0.6 is 0 Å². The summed E-state index contributed by atoms with van der Waals surface area (Å²) in [5.41, 5.74) is 2.70. The number of allylic oxidation sites excluding steroid dienone is 1. The second kappa shape index (κ2) is 7.51. The predicted octanol–water partition coefficient (Wildman–Crippen LogP) is 4.34. The zero-order valence-corrected chi connectivity index (χ0v) is 14.3. The molecule has 1 heterocycles. The average Bonchev–Trinajstić information content (AvgIpc) is 2.62. The Morgan fingerprint density at radius 2 is 1.84 bits per heavy atom. The first kappa shape index (κ1) is 17.2. The molecule has 0 spiro atoms. The molecule has 1 aliphatic heterocycles. The lowest BCUT2D eigenvalue weighted by Crippen LogP contribution is -2.37. The summed E-state index contributed by atoms with van der Waals surface area (Å²) in [5, 5.41) is 9.38. The van der Waals surface area contributed by atoms with Gasteiger partial charge in [-0.05, 0) is 66.6 Å². The molecule has 0 bridgehead atoms. The summed E-state index contributed by atoms with van der Waals surface area (Å²) in [7, 11) is 0. The van der Waals surface area contributed by atoms with Gasteiger partial charge in [-0.25, -0.2) is 4.39 Å². The third-order valence-corrected chi connectivity index (χ3v) is 4.79. The monoisotopic (exact) mass is 339 g/mol. The largest absolute Gasteiger partial charge is 0.508 e. The number of phenolic OH excluding ortho intramolecular Hbond substituents is 1. The Hall–Kier alpha value is -2.62. The molecule has 2 aromatic carbocycles. The van der Waals surface area contributed by atoms with Gasteiger partial charge in [0.25, 0.3) is 0 Å². The van der Waals surface area contributed by atoms with E-state index in [1.54, 1.807) is 30.3 Å². The number of carbonyl (C=O) groups is 1. The van der Waals surface area contributed by atoms with Gasteiger partial charge in [-0.1, -0.05) is 24.3 Å². The van der Waals surface area contributed by atoms with Gasteiger partial charge in [0.2, 0.25) is 5.91 Å². The Kier molecular flexibility index (Phi) is 5.17. The van der Waals surface area contributed by atoms with Crippen LogP contribution in [0, 0.1) is 5.82 Å². The Balaban J connectivity index is 1.61. The molecule has 1 saturated heterocycles. The number of hydrogen-bond acceptors (Lipinski definition) is 2. The van der Waals surface area contributed by atoms with Crippen LogP contribution in [0.1, 0.15) is 36.8 Å². The van der Waals surface area contributed by atoms with Crippen LogP contribution < -0.4 is 0 Å². The van der Waals surface area contributed by atoms with E-state index in [0.717, 1.165) is 24.0 Å². The quantitative estimate of drug-likeness (QED) is 0.845. The number of halogens is 1. The number of nitrogens with zero attached hydrogens (tertiary/aromatic N) is 1. The van der Waals surface area contributed by atoms with Crippen LogP contribution in [0.25, 0.3) is 5.57 Å². The highest BCUT2D eigenvalue weighted by Gasteiger charge is 2.23. The lowest BCUT2D eigenvalue weighted by Gasteiger charge is -2.31. The lowest BCUT2D eigenvalue weighted by atomic mass is 9.89. The van der Waals surface area contributed by atoms with E-state index in [1.807, 2.05) is 24.0 Å². The lowest BCUT2D eigenvalue weighted by molar-refractivity contribution is -0.127. The van der Waals surface area contributed by atoms with Crippen molar-refractivity contribution in [2.24, 2.45) is 0 Å². The van der Waals surface area contributed by atoms with Crippen molar-refractivity contribution in [2.45, 2.75) is 25.7 Å². The number of amides is 1. The fraction of sp³-hybridized carbons (Fsp3) is 0.286. The molecular weight excluding hydrogens is 317 g/mol. The maximum Gasteiger partial charge on any atom is 0.246 e. The van der Waals surface area contributed by atoms with Gasteiger partial charge in [-0.2, -0.15) is 0 Å². The molecule has 2 aromatic rings. The highest BCUT2D eigenvalue weighted by atomic mass is 19.1. The molecule has 1 N–H and O–H groups in total. The van der Waals surface area contributed by atoms with E-state index in [9.17, 15) is 14.3 Å². The normalized spacial score (nSPS) is 16.1. The number of benzene rings is 2. The van der Waals surface area contributed by atoms with Crippen LogP contribution in [0.5, 0.6) is 5.75 Å². The number of aromatic hydroxyl groups is 1. The molecule has 1 aliphatic rings. The highest BCUT2D eigenvalue weighted by Crippen LogP contribution is 2.29. The Bertz CT molecular complexity index is 775. The third kappa shape index (κ3) is 4.27. The first-order chi connectivity index (χ1) is 12.0. The Morgan fingerprint density at radius 3 is 2.48 bits per heavy atom. The fourth-order valence-electron chi connectivity index (χ4n) is 3.27. The summed E-state index contributed by atoms with van der Waals surface area (Å²) >= 11 is 0. The smallest absolute Gasteiger partial charge is 0.246 e. The molecule has 0 aromatic heterocycles. The molecule has 130 valence electrons. The van der Waals surface area contributed by atoms with Gasteiger partial charge in [-0.3, -0.25) is 4.79 Å². The number of likely N-dealkylation sites (tertiary alicyclic amines) is 1. The van der Waals surface area contributed by atoms with E-state index in [2.05, 4.69) is 0 Å². The van der Waals surface area contributed by atoms with Crippen molar-refractivity contribution in [1.82, 2.24) is 4.90 Å². The molecule has 0 saturated carbocycles. The van der Waals surface area contributed by atoms with Gasteiger partial charge in [-0.15, -0.1) is 0 Å². The second-order valence-corrected chi connectivity index (χ2v) is 6.53. The predicted molar refractivity (Wildman–Crippen MR) is 96.7 cm³/mol. The van der Waals surface area contributed by atoms with Crippen molar-refractivity contribution in [2.75, 3.05) is 13.1 Å². The number of phenols is 1. The Morgan fingerprint density at radius 1 is 1.16 bits per heavy atom. The van der Waals surface area contributed by atoms with Gasteiger partial charge >= 0.3 is 0 Å². The summed E-state index contributed by atoms with van der Waals surface area (Å²) in [6, 6.07) is 13.6. The first-order valence-corrected chi connectivity index (χ1v) is 8.55. The topological polar surface area (TPSA) is 40.5 Å². The molecule has 0 aliphatic carbocycles. The summed E-state index contributed by atoms with van der Waals surface area (Å²) in [4.78, 5) is 14.3. The van der Waals surface area contributed by atoms with Crippen molar-refractivity contribution in [1.29, 1.82) is 0 Å². The maximum atomic E-state index is 13.3. The van der Waals surface area contributed by atoms with Gasteiger partial charge in [0.1, 0.15) is 11.6 Å². The number of rotatable bonds is 3.